The normalized spacial score (nSPS) is 10.8. The number of rotatable bonds is 3. The number of aryl methyl sites for hydroxylation is 2. The third-order valence-electron chi connectivity index (χ3n) is 4.60. The summed E-state index contributed by atoms with van der Waals surface area (Å²) in [7, 11) is 0. The fraction of sp³-hybridized carbons (Fsp3) is 0.0870. The van der Waals surface area contributed by atoms with Gasteiger partial charge in [0.25, 0.3) is 5.91 Å². The summed E-state index contributed by atoms with van der Waals surface area (Å²) >= 11 is 6.38. The lowest BCUT2D eigenvalue weighted by atomic mass is 10.0. The first-order chi connectivity index (χ1) is 13.5. The number of pyridine rings is 2. The van der Waals surface area contributed by atoms with Crippen LogP contribution in [0.5, 0.6) is 0 Å². The quantitative estimate of drug-likeness (QED) is 0.482. The van der Waals surface area contributed by atoms with Crippen LogP contribution in [0.15, 0.2) is 66.9 Å². The number of halogens is 1. The van der Waals surface area contributed by atoms with Gasteiger partial charge in [0, 0.05) is 17.3 Å². The lowest BCUT2D eigenvalue weighted by Gasteiger charge is -2.13. The molecule has 4 nitrogen and oxygen atoms in total. The zero-order chi connectivity index (χ0) is 19.7. The number of anilines is 1. The molecule has 0 bridgehead atoms. The maximum absolute atomic E-state index is 13.2. The molecule has 2 aromatic heterocycles. The predicted octanol–water partition coefficient (Wildman–Crippen LogP) is 5.82. The minimum absolute atomic E-state index is 0.208. The Kier molecular flexibility index (Phi) is 4.80. The Balaban J connectivity index is 1.86. The largest absolute Gasteiger partial charge is 0.322 e. The van der Waals surface area contributed by atoms with E-state index in [2.05, 4.69) is 15.3 Å². The van der Waals surface area contributed by atoms with Gasteiger partial charge in [-0.15, -0.1) is 0 Å². The van der Waals surface area contributed by atoms with E-state index in [-0.39, 0.29) is 5.91 Å². The Bertz CT molecular complexity index is 1190. The average molecular weight is 388 g/mol. The Morgan fingerprint density at radius 2 is 1.82 bits per heavy atom. The number of aromatic nitrogens is 2. The van der Waals surface area contributed by atoms with Crippen LogP contribution in [0.2, 0.25) is 5.02 Å². The summed E-state index contributed by atoms with van der Waals surface area (Å²) in [5.41, 5.74) is 5.25. The summed E-state index contributed by atoms with van der Waals surface area (Å²) in [6.45, 7) is 3.96. The summed E-state index contributed by atoms with van der Waals surface area (Å²) < 4.78 is 0. The first-order valence-electron chi connectivity index (χ1n) is 8.92. The molecular formula is C23H18ClN3O. The Morgan fingerprint density at radius 1 is 0.964 bits per heavy atom. The van der Waals surface area contributed by atoms with Gasteiger partial charge in [0.05, 0.1) is 27.5 Å². The van der Waals surface area contributed by atoms with Crippen molar-refractivity contribution in [1.82, 2.24) is 9.97 Å². The van der Waals surface area contributed by atoms with E-state index in [1.807, 2.05) is 62.4 Å². The third kappa shape index (κ3) is 3.47. The lowest BCUT2D eigenvalue weighted by Crippen LogP contribution is -2.14. The van der Waals surface area contributed by atoms with Crippen LogP contribution in [-0.4, -0.2) is 15.9 Å². The van der Waals surface area contributed by atoms with Gasteiger partial charge in [0.15, 0.2) is 0 Å². The highest BCUT2D eigenvalue weighted by atomic mass is 35.5. The molecule has 5 heteroatoms. The Hall–Kier alpha value is -3.24. The van der Waals surface area contributed by atoms with Crippen LogP contribution in [0.25, 0.3) is 22.3 Å². The Morgan fingerprint density at radius 3 is 2.61 bits per heavy atom. The fourth-order valence-corrected chi connectivity index (χ4v) is 3.32. The molecule has 0 spiro atoms. The van der Waals surface area contributed by atoms with Gasteiger partial charge in [0.2, 0.25) is 0 Å². The molecule has 0 fully saturated rings. The molecule has 4 aromatic rings. The fourth-order valence-electron chi connectivity index (χ4n) is 3.11. The van der Waals surface area contributed by atoms with Crippen LogP contribution < -0.4 is 5.32 Å². The van der Waals surface area contributed by atoms with Gasteiger partial charge < -0.3 is 5.32 Å². The molecule has 1 N–H and O–H groups in total. The van der Waals surface area contributed by atoms with Gasteiger partial charge in [-0.05, 0) is 55.3 Å². The Labute approximate surface area is 168 Å². The second-order valence-electron chi connectivity index (χ2n) is 6.68. The van der Waals surface area contributed by atoms with Crippen LogP contribution in [0.4, 0.5) is 5.69 Å². The minimum Gasteiger partial charge on any atom is -0.322 e. The van der Waals surface area contributed by atoms with Crippen molar-refractivity contribution in [1.29, 1.82) is 0 Å². The molecule has 138 valence electrons. The van der Waals surface area contributed by atoms with Gasteiger partial charge in [-0.1, -0.05) is 41.9 Å². The molecule has 0 atom stereocenters. The zero-order valence-corrected chi connectivity index (χ0v) is 16.3. The van der Waals surface area contributed by atoms with E-state index in [4.69, 9.17) is 11.6 Å². The molecule has 0 radical (unpaired) electrons. The van der Waals surface area contributed by atoms with E-state index in [0.717, 1.165) is 16.8 Å². The minimum atomic E-state index is -0.208. The smallest absolute Gasteiger partial charge is 0.256 e. The van der Waals surface area contributed by atoms with E-state index >= 15 is 0 Å². The van der Waals surface area contributed by atoms with Crippen molar-refractivity contribution in [3.05, 3.63) is 88.6 Å². The molecule has 0 aliphatic rings. The van der Waals surface area contributed by atoms with Gasteiger partial charge >= 0.3 is 0 Å². The molecule has 0 saturated heterocycles. The van der Waals surface area contributed by atoms with Crippen molar-refractivity contribution in [2.45, 2.75) is 13.8 Å². The predicted molar refractivity (Wildman–Crippen MR) is 114 cm³/mol. The molecule has 4 rings (SSSR count). The highest BCUT2D eigenvalue weighted by Gasteiger charge is 2.17. The van der Waals surface area contributed by atoms with Crippen molar-refractivity contribution in [3.63, 3.8) is 0 Å². The molecule has 2 aromatic carbocycles. The SMILES string of the molecule is Cc1ccc(C)c(NC(=O)c2cc(-c3ccccn3)nc3c(Cl)cccc23)c1. The third-order valence-corrected chi connectivity index (χ3v) is 4.91. The van der Waals surface area contributed by atoms with Crippen LogP contribution in [0, 0.1) is 13.8 Å². The topological polar surface area (TPSA) is 54.9 Å². The summed E-state index contributed by atoms with van der Waals surface area (Å²) in [4.78, 5) is 22.2. The number of carbonyl (C=O) groups excluding carboxylic acids is 1. The number of amides is 1. The van der Waals surface area contributed by atoms with Crippen molar-refractivity contribution in [2.75, 3.05) is 5.32 Å². The molecule has 28 heavy (non-hydrogen) atoms. The molecule has 0 aliphatic heterocycles. The summed E-state index contributed by atoms with van der Waals surface area (Å²) in [5.74, 6) is -0.208. The number of benzene rings is 2. The molecule has 0 unspecified atom stereocenters. The van der Waals surface area contributed by atoms with E-state index in [1.54, 1.807) is 18.3 Å². The van der Waals surface area contributed by atoms with Gasteiger partial charge in [-0.2, -0.15) is 0 Å². The van der Waals surface area contributed by atoms with Gasteiger partial charge in [-0.25, -0.2) is 4.98 Å². The number of carbonyl (C=O) groups is 1. The second kappa shape index (κ2) is 7.41. The summed E-state index contributed by atoms with van der Waals surface area (Å²) in [5, 5.41) is 4.23. The molecular weight excluding hydrogens is 370 g/mol. The number of nitrogens with one attached hydrogen (secondary N) is 1. The zero-order valence-electron chi connectivity index (χ0n) is 15.5. The first-order valence-corrected chi connectivity index (χ1v) is 9.30. The van der Waals surface area contributed by atoms with Crippen molar-refractivity contribution in [3.8, 4) is 11.4 Å². The first kappa shape index (κ1) is 18.1. The van der Waals surface area contributed by atoms with Crippen molar-refractivity contribution >= 4 is 34.1 Å². The van der Waals surface area contributed by atoms with E-state index in [0.29, 0.717) is 32.9 Å². The standard InChI is InChI=1S/C23H18ClN3O/c1-14-9-10-15(2)20(12-14)27-23(28)17-13-21(19-8-3-4-11-25-19)26-22-16(17)6-5-7-18(22)24/h3-13H,1-2H3,(H,27,28). The number of hydrogen-bond acceptors (Lipinski definition) is 3. The number of hydrogen-bond donors (Lipinski definition) is 1. The molecule has 0 saturated carbocycles. The van der Waals surface area contributed by atoms with Crippen LogP contribution in [0.3, 0.4) is 0 Å². The second-order valence-corrected chi connectivity index (χ2v) is 7.09. The monoisotopic (exact) mass is 387 g/mol. The summed E-state index contributed by atoms with van der Waals surface area (Å²) in [6, 6.07) is 18.8. The van der Waals surface area contributed by atoms with Crippen LogP contribution in [-0.2, 0) is 0 Å². The van der Waals surface area contributed by atoms with Crippen molar-refractivity contribution < 1.29 is 4.79 Å². The van der Waals surface area contributed by atoms with Gasteiger partial charge in [-0.3, -0.25) is 9.78 Å². The number of para-hydroxylation sites is 1. The molecule has 1 amide bonds. The molecule has 2 heterocycles. The van der Waals surface area contributed by atoms with Crippen LogP contribution >= 0.6 is 11.6 Å². The van der Waals surface area contributed by atoms with Crippen molar-refractivity contribution in [2.24, 2.45) is 0 Å². The lowest BCUT2D eigenvalue weighted by molar-refractivity contribution is 0.102. The average Bonchev–Trinajstić information content (AvgIpc) is 2.71. The maximum atomic E-state index is 13.2. The van der Waals surface area contributed by atoms with E-state index < -0.39 is 0 Å². The molecule has 0 aliphatic carbocycles. The number of nitrogens with zero attached hydrogens (tertiary/aromatic N) is 2. The van der Waals surface area contributed by atoms with E-state index in [1.165, 1.54) is 0 Å². The summed E-state index contributed by atoms with van der Waals surface area (Å²) in [6.07, 6.45) is 1.70. The van der Waals surface area contributed by atoms with Crippen LogP contribution in [0.1, 0.15) is 21.5 Å². The van der Waals surface area contributed by atoms with Gasteiger partial charge in [0.1, 0.15) is 0 Å². The number of fused-ring (bicyclic) bond motifs is 1. The highest BCUT2D eigenvalue weighted by Crippen LogP contribution is 2.29. The highest BCUT2D eigenvalue weighted by molar-refractivity contribution is 6.35. The maximum Gasteiger partial charge on any atom is 0.256 e. The van der Waals surface area contributed by atoms with E-state index in [9.17, 15) is 4.79 Å².